The van der Waals surface area contributed by atoms with E-state index in [0.717, 1.165) is 16.5 Å². The van der Waals surface area contributed by atoms with Crippen molar-refractivity contribution in [2.24, 2.45) is 0 Å². The molecule has 5 nitrogen and oxygen atoms in total. The van der Waals surface area contributed by atoms with Crippen LogP contribution in [0.25, 0.3) is 10.8 Å². The maximum absolute atomic E-state index is 12.1. The molecule has 1 heterocycles. The maximum Gasteiger partial charge on any atom is 0.319 e. The minimum absolute atomic E-state index is 0.0606. The van der Waals surface area contributed by atoms with Gasteiger partial charge in [0.25, 0.3) is 0 Å². The smallest absolute Gasteiger partial charge is 0.319 e. The van der Waals surface area contributed by atoms with Crippen LogP contribution >= 0.6 is 0 Å². The fraction of sp³-hybridized carbons (Fsp3) is 0.250. The van der Waals surface area contributed by atoms with Gasteiger partial charge in [-0.3, -0.25) is 4.79 Å². The SMILES string of the molecule is CN1C[C@@H](NC(=O)Nc2cccc3ccccc23)CC1=O. The number of nitrogens with zero attached hydrogens (tertiary/aromatic N) is 1. The third kappa shape index (κ3) is 2.81. The van der Waals surface area contributed by atoms with Crippen molar-refractivity contribution in [2.45, 2.75) is 12.5 Å². The lowest BCUT2D eigenvalue weighted by Gasteiger charge is -2.14. The molecule has 2 N–H and O–H groups in total. The van der Waals surface area contributed by atoms with Crippen molar-refractivity contribution in [3.63, 3.8) is 0 Å². The molecule has 0 aromatic heterocycles. The van der Waals surface area contributed by atoms with Crippen molar-refractivity contribution in [2.75, 3.05) is 18.9 Å². The number of carbonyl (C=O) groups excluding carboxylic acids is 2. The van der Waals surface area contributed by atoms with E-state index in [1.165, 1.54) is 0 Å². The zero-order chi connectivity index (χ0) is 14.8. The number of nitrogens with one attached hydrogen (secondary N) is 2. The zero-order valence-corrected chi connectivity index (χ0v) is 11.8. The standard InChI is InChI=1S/C16H17N3O2/c1-19-10-12(9-15(19)20)17-16(21)18-14-8-4-6-11-5-2-3-7-13(11)14/h2-8,12H,9-10H2,1H3,(H2,17,18,21)/t12-/m0/s1. The normalized spacial score (nSPS) is 18.0. The van der Waals surface area contributed by atoms with Gasteiger partial charge in [0.15, 0.2) is 0 Å². The summed E-state index contributed by atoms with van der Waals surface area (Å²) in [5.41, 5.74) is 0.767. The molecule has 0 bridgehead atoms. The molecule has 0 radical (unpaired) electrons. The van der Waals surface area contributed by atoms with Crippen LogP contribution < -0.4 is 10.6 Å². The van der Waals surface area contributed by atoms with Crippen LogP contribution in [0.2, 0.25) is 0 Å². The van der Waals surface area contributed by atoms with E-state index in [1.54, 1.807) is 11.9 Å². The van der Waals surface area contributed by atoms with Crippen LogP contribution in [-0.2, 0) is 4.79 Å². The van der Waals surface area contributed by atoms with Gasteiger partial charge in [-0.1, -0.05) is 36.4 Å². The number of rotatable bonds is 2. The van der Waals surface area contributed by atoms with Gasteiger partial charge in [-0.05, 0) is 11.5 Å². The number of hydrogen-bond acceptors (Lipinski definition) is 2. The van der Waals surface area contributed by atoms with E-state index in [-0.39, 0.29) is 18.0 Å². The molecule has 0 unspecified atom stereocenters. The van der Waals surface area contributed by atoms with E-state index >= 15 is 0 Å². The summed E-state index contributed by atoms with van der Waals surface area (Å²) >= 11 is 0. The average molecular weight is 283 g/mol. The lowest BCUT2D eigenvalue weighted by Crippen LogP contribution is -2.39. The summed E-state index contributed by atoms with van der Waals surface area (Å²) in [5, 5.41) is 7.77. The molecule has 2 aromatic rings. The number of likely N-dealkylation sites (tertiary alicyclic amines) is 1. The predicted molar refractivity (Wildman–Crippen MR) is 82.1 cm³/mol. The Balaban J connectivity index is 1.71. The second kappa shape index (κ2) is 5.44. The molecular weight excluding hydrogens is 266 g/mol. The second-order valence-electron chi connectivity index (χ2n) is 5.30. The molecule has 21 heavy (non-hydrogen) atoms. The molecule has 5 heteroatoms. The van der Waals surface area contributed by atoms with E-state index < -0.39 is 0 Å². The van der Waals surface area contributed by atoms with Gasteiger partial charge in [0, 0.05) is 25.4 Å². The van der Waals surface area contributed by atoms with Gasteiger partial charge in [0.05, 0.1) is 11.7 Å². The van der Waals surface area contributed by atoms with Crippen LogP contribution in [0.5, 0.6) is 0 Å². The molecule has 1 atom stereocenters. The molecule has 1 aliphatic rings. The predicted octanol–water partition coefficient (Wildman–Crippen LogP) is 2.19. The molecule has 0 saturated carbocycles. The third-order valence-corrected chi connectivity index (χ3v) is 3.71. The second-order valence-corrected chi connectivity index (χ2v) is 5.30. The fourth-order valence-electron chi connectivity index (χ4n) is 2.64. The van der Waals surface area contributed by atoms with Crippen molar-refractivity contribution < 1.29 is 9.59 Å². The summed E-state index contributed by atoms with van der Waals surface area (Å²) in [6.45, 7) is 0.557. The Morgan fingerprint density at radius 1 is 1.19 bits per heavy atom. The summed E-state index contributed by atoms with van der Waals surface area (Å²) in [7, 11) is 1.74. The number of benzene rings is 2. The molecule has 0 spiro atoms. The van der Waals surface area contributed by atoms with E-state index in [1.807, 2.05) is 42.5 Å². The van der Waals surface area contributed by atoms with Crippen molar-refractivity contribution >= 4 is 28.4 Å². The van der Waals surface area contributed by atoms with Gasteiger partial charge >= 0.3 is 6.03 Å². The Morgan fingerprint density at radius 3 is 2.71 bits per heavy atom. The number of likely N-dealkylation sites (N-methyl/N-ethyl adjacent to an activating group) is 1. The van der Waals surface area contributed by atoms with Crippen LogP contribution in [0.1, 0.15) is 6.42 Å². The highest BCUT2D eigenvalue weighted by atomic mass is 16.2. The minimum atomic E-state index is -0.278. The van der Waals surface area contributed by atoms with Gasteiger partial charge in [0.1, 0.15) is 0 Å². The number of urea groups is 1. The molecule has 1 aliphatic heterocycles. The Hall–Kier alpha value is -2.56. The number of fused-ring (bicyclic) bond motifs is 1. The monoisotopic (exact) mass is 283 g/mol. The zero-order valence-electron chi connectivity index (χ0n) is 11.8. The van der Waals surface area contributed by atoms with Crippen molar-refractivity contribution in [3.8, 4) is 0 Å². The van der Waals surface area contributed by atoms with Crippen LogP contribution in [0.4, 0.5) is 10.5 Å². The van der Waals surface area contributed by atoms with Crippen molar-refractivity contribution in [1.29, 1.82) is 0 Å². The first-order valence-corrected chi connectivity index (χ1v) is 6.93. The summed E-state index contributed by atoms with van der Waals surface area (Å²) in [5.74, 6) is 0.0606. The fourth-order valence-corrected chi connectivity index (χ4v) is 2.64. The third-order valence-electron chi connectivity index (χ3n) is 3.71. The molecule has 3 rings (SSSR count). The first kappa shape index (κ1) is 13.4. The molecule has 1 saturated heterocycles. The maximum atomic E-state index is 12.1. The van der Waals surface area contributed by atoms with E-state index in [2.05, 4.69) is 10.6 Å². The largest absolute Gasteiger partial charge is 0.344 e. The number of anilines is 1. The van der Waals surface area contributed by atoms with Crippen LogP contribution in [0.15, 0.2) is 42.5 Å². The quantitative estimate of drug-likeness (QED) is 0.887. The molecule has 108 valence electrons. The summed E-state index contributed by atoms with van der Waals surface area (Å²) in [4.78, 5) is 25.2. The minimum Gasteiger partial charge on any atom is -0.344 e. The summed E-state index contributed by atoms with van der Waals surface area (Å²) in [6, 6.07) is 13.3. The highest BCUT2D eigenvalue weighted by molar-refractivity contribution is 6.01. The average Bonchev–Trinajstić information content (AvgIpc) is 2.77. The van der Waals surface area contributed by atoms with Crippen LogP contribution in [-0.4, -0.2) is 36.5 Å². The Kier molecular flexibility index (Phi) is 3.48. The van der Waals surface area contributed by atoms with E-state index in [0.29, 0.717) is 13.0 Å². The number of carbonyl (C=O) groups is 2. The topological polar surface area (TPSA) is 61.4 Å². The van der Waals surface area contributed by atoms with Gasteiger partial charge in [-0.15, -0.1) is 0 Å². The van der Waals surface area contributed by atoms with Gasteiger partial charge in [-0.25, -0.2) is 4.79 Å². The van der Waals surface area contributed by atoms with Crippen molar-refractivity contribution in [1.82, 2.24) is 10.2 Å². The Labute approximate surface area is 122 Å². The van der Waals surface area contributed by atoms with E-state index in [9.17, 15) is 9.59 Å². The Bertz CT molecular complexity index is 693. The van der Waals surface area contributed by atoms with Crippen LogP contribution in [0, 0.1) is 0 Å². The number of amides is 3. The van der Waals surface area contributed by atoms with Gasteiger partial charge < -0.3 is 15.5 Å². The molecule has 1 fully saturated rings. The molecule has 0 aliphatic carbocycles. The highest BCUT2D eigenvalue weighted by Crippen LogP contribution is 2.22. The lowest BCUT2D eigenvalue weighted by molar-refractivity contribution is -0.126. The first-order chi connectivity index (χ1) is 10.1. The van der Waals surface area contributed by atoms with Crippen LogP contribution in [0.3, 0.4) is 0 Å². The van der Waals surface area contributed by atoms with E-state index in [4.69, 9.17) is 0 Å². The highest BCUT2D eigenvalue weighted by Gasteiger charge is 2.27. The lowest BCUT2D eigenvalue weighted by atomic mass is 10.1. The van der Waals surface area contributed by atoms with Crippen molar-refractivity contribution in [3.05, 3.63) is 42.5 Å². The first-order valence-electron chi connectivity index (χ1n) is 6.93. The molecular formula is C16H17N3O2. The summed E-state index contributed by atoms with van der Waals surface area (Å²) in [6.07, 6.45) is 0.361. The number of hydrogen-bond donors (Lipinski definition) is 2. The molecule has 3 amide bonds. The summed E-state index contributed by atoms with van der Waals surface area (Å²) < 4.78 is 0. The van der Waals surface area contributed by atoms with Gasteiger partial charge in [-0.2, -0.15) is 0 Å². The molecule has 2 aromatic carbocycles. The van der Waals surface area contributed by atoms with Gasteiger partial charge in [0.2, 0.25) is 5.91 Å². The Morgan fingerprint density at radius 2 is 1.95 bits per heavy atom.